The summed E-state index contributed by atoms with van der Waals surface area (Å²) in [6.07, 6.45) is 1.79. The third-order valence-electron chi connectivity index (χ3n) is 8.11. The third-order valence-corrected chi connectivity index (χ3v) is 9.87. The maximum absolute atomic E-state index is 13.5. The van der Waals surface area contributed by atoms with Crippen molar-refractivity contribution in [2.75, 3.05) is 18.6 Å². The molecule has 0 bridgehead atoms. The lowest BCUT2D eigenvalue weighted by Gasteiger charge is -2.45. The van der Waals surface area contributed by atoms with Crippen molar-refractivity contribution in [1.82, 2.24) is 0 Å². The van der Waals surface area contributed by atoms with Gasteiger partial charge in [0.15, 0.2) is 9.84 Å². The number of ether oxygens (including phenoxy) is 2. The quantitative estimate of drug-likeness (QED) is 0.598. The van der Waals surface area contributed by atoms with E-state index in [0.717, 1.165) is 12.8 Å². The molecule has 1 aliphatic carbocycles. The maximum Gasteiger partial charge on any atom is 0.310 e. The molecule has 1 saturated heterocycles. The normalized spacial score (nSPS) is 33.1. The Morgan fingerprint density at radius 1 is 1.07 bits per heavy atom. The van der Waals surface area contributed by atoms with Gasteiger partial charge in [-0.05, 0) is 49.9 Å². The molecule has 1 heterocycles. The van der Waals surface area contributed by atoms with Gasteiger partial charge in [-0.2, -0.15) is 0 Å². The van der Waals surface area contributed by atoms with Crippen LogP contribution in [0.2, 0.25) is 0 Å². The second-order valence-corrected chi connectivity index (χ2v) is 13.5. The van der Waals surface area contributed by atoms with Crippen LogP contribution in [0.15, 0.2) is 0 Å². The molecule has 5 atom stereocenters. The predicted octanol–water partition coefficient (Wildman–Crippen LogP) is 3.88. The lowest BCUT2D eigenvalue weighted by atomic mass is 9.60. The number of methoxy groups -OCH3 is 1. The minimum Gasteiger partial charge on any atom is -0.469 e. The second-order valence-electron chi connectivity index (χ2n) is 11.3. The number of rotatable bonds is 5. The number of hydrogen-bond acceptors (Lipinski definition) is 6. The molecule has 0 aromatic rings. The summed E-state index contributed by atoms with van der Waals surface area (Å²) < 4.78 is 35.8. The smallest absolute Gasteiger partial charge is 0.310 e. The highest BCUT2D eigenvalue weighted by Crippen LogP contribution is 2.63. The standard InChI is InChI=1S/C23H40O6S/c1-10-14-11-17(23(7,8)22(14,5)6)18(20(25)29-21(2,3)4)15-12-30(26,27)13-16(15)19(24)28-9/h14-18H,10-13H2,1-9H3/t14?,15-,16+,17?,18+/m0/s1. The van der Waals surface area contributed by atoms with Gasteiger partial charge in [0.2, 0.25) is 0 Å². The van der Waals surface area contributed by atoms with E-state index in [1.165, 1.54) is 7.11 Å². The fourth-order valence-corrected chi connectivity index (χ4v) is 7.89. The molecule has 30 heavy (non-hydrogen) atoms. The van der Waals surface area contributed by atoms with Crippen LogP contribution < -0.4 is 0 Å². The minimum atomic E-state index is -3.45. The lowest BCUT2D eigenvalue weighted by molar-refractivity contribution is -0.168. The first-order valence-electron chi connectivity index (χ1n) is 11.0. The maximum atomic E-state index is 13.5. The molecule has 0 aromatic carbocycles. The molecule has 0 spiro atoms. The van der Waals surface area contributed by atoms with Gasteiger partial charge in [-0.1, -0.05) is 41.0 Å². The van der Waals surface area contributed by atoms with Crippen molar-refractivity contribution in [2.24, 2.45) is 40.4 Å². The van der Waals surface area contributed by atoms with E-state index in [4.69, 9.17) is 9.47 Å². The summed E-state index contributed by atoms with van der Waals surface area (Å²) in [7, 11) is -2.18. The fourth-order valence-electron chi connectivity index (χ4n) is 5.80. The first-order valence-corrected chi connectivity index (χ1v) is 12.8. The van der Waals surface area contributed by atoms with E-state index in [9.17, 15) is 18.0 Å². The average Bonchev–Trinajstić information content (AvgIpc) is 2.98. The van der Waals surface area contributed by atoms with Gasteiger partial charge < -0.3 is 9.47 Å². The summed E-state index contributed by atoms with van der Waals surface area (Å²) in [6.45, 7) is 16.4. The summed E-state index contributed by atoms with van der Waals surface area (Å²) in [4.78, 5) is 26.0. The van der Waals surface area contributed by atoms with Gasteiger partial charge in [0.1, 0.15) is 5.60 Å². The minimum absolute atomic E-state index is 0.0368. The van der Waals surface area contributed by atoms with Crippen molar-refractivity contribution in [3.8, 4) is 0 Å². The van der Waals surface area contributed by atoms with Crippen molar-refractivity contribution in [1.29, 1.82) is 0 Å². The van der Waals surface area contributed by atoms with Crippen LogP contribution >= 0.6 is 0 Å². The molecule has 1 saturated carbocycles. The van der Waals surface area contributed by atoms with Crippen LogP contribution in [-0.2, 0) is 28.9 Å². The van der Waals surface area contributed by atoms with Crippen molar-refractivity contribution in [2.45, 2.75) is 73.8 Å². The summed E-state index contributed by atoms with van der Waals surface area (Å²) in [6, 6.07) is 0. The van der Waals surface area contributed by atoms with Gasteiger partial charge in [0.25, 0.3) is 0 Å². The third kappa shape index (κ3) is 4.56. The van der Waals surface area contributed by atoms with Gasteiger partial charge >= 0.3 is 11.9 Å². The first kappa shape index (κ1) is 25.2. The van der Waals surface area contributed by atoms with Gasteiger partial charge in [-0.25, -0.2) is 8.42 Å². The predicted molar refractivity (Wildman–Crippen MR) is 116 cm³/mol. The highest BCUT2D eigenvalue weighted by atomic mass is 32.2. The van der Waals surface area contributed by atoms with Crippen LogP contribution in [0.5, 0.6) is 0 Å². The molecule has 2 aliphatic rings. The van der Waals surface area contributed by atoms with Crippen molar-refractivity contribution in [3.63, 3.8) is 0 Å². The molecule has 2 unspecified atom stereocenters. The summed E-state index contributed by atoms with van der Waals surface area (Å²) in [5, 5.41) is 0. The van der Waals surface area contributed by atoms with Gasteiger partial charge in [0.05, 0.1) is 30.5 Å². The number of sulfone groups is 1. The lowest BCUT2D eigenvalue weighted by Crippen LogP contribution is -2.46. The summed E-state index contributed by atoms with van der Waals surface area (Å²) in [5.41, 5.74) is -0.969. The van der Waals surface area contributed by atoms with E-state index >= 15 is 0 Å². The number of carbonyl (C=O) groups excluding carboxylic acids is 2. The van der Waals surface area contributed by atoms with Crippen molar-refractivity contribution in [3.05, 3.63) is 0 Å². The zero-order chi connectivity index (χ0) is 23.3. The Balaban J connectivity index is 2.59. The molecule has 0 amide bonds. The molecular weight excluding hydrogens is 404 g/mol. The number of esters is 2. The molecule has 0 aromatic heterocycles. The van der Waals surface area contributed by atoms with Gasteiger partial charge in [-0.15, -0.1) is 0 Å². The van der Waals surface area contributed by atoms with E-state index in [-0.39, 0.29) is 28.3 Å². The van der Waals surface area contributed by atoms with Crippen LogP contribution in [0.4, 0.5) is 0 Å². The SMILES string of the molecule is CCC1CC([C@H](C(=O)OC(C)(C)C)[C@H]2CS(=O)(=O)C[C@H]2C(=O)OC)C(C)(C)C1(C)C. The van der Waals surface area contributed by atoms with Crippen LogP contribution in [0.3, 0.4) is 0 Å². The highest BCUT2D eigenvalue weighted by Gasteiger charge is 2.61. The molecule has 2 rings (SSSR count). The Bertz CT molecular complexity index is 774. The van der Waals surface area contributed by atoms with Crippen LogP contribution in [0.1, 0.15) is 68.2 Å². The van der Waals surface area contributed by atoms with E-state index in [0.29, 0.717) is 5.92 Å². The molecule has 7 heteroatoms. The van der Waals surface area contributed by atoms with E-state index in [1.807, 2.05) is 20.8 Å². The summed E-state index contributed by atoms with van der Waals surface area (Å²) in [5.74, 6) is -3.23. The Kier molecular flexibility index (Phi) is 6.79. The monoisotopic (exact) mass is 444 g/mol. The Hall–Kier alpha value is -1.11. The van der Waals surface area contributed by atoms with E-state index in [2.05, 4.69) is 34.6 Å². The molecule has 6 nitrogen and oxygen atoms in total. The van der Waals surface area contributed by atoms with Crippen LogP contribution in [0, 0.1) is 40.4 Å². The average molecular weight is 445 g/mol. The molecule has 0 N–H and O–H groups in total. The summed E-state index contributed by atoms with van der Waals surface area (Å²) >= 11 is 0. The molecule has 2 fully saturated rings. The Labute approximate surface area is 182 Å². The van der Waals surface area contributed by atoms with Crippen molar-refractivity contribution < 1.29 is 27.5 Å². The van der Waals surface area contributed by atoms with E-state index in [1.54, 1.807) is 0 Å². The number of carbonyl (C=O) groups is 2. The van der Waals surface area contributed by atoms with E-state index < -0.39 is 45.1 Å². The fraction of sp³-hybridized carbons (Fsp3) is 0.913. The van der Waals surface area contributed by atoms with Crippen LogP contribution in [0.25, 0.3) is 0 Å². The Morgan fingerprint density at radius 2 is 1.63 bits per heavy atom. The second kappa shape index (κ2) is 8.10. The highest BCUT2D eigenvalue weighted by molar-refractivity contribution is 7.91. The zero-order valence-electron chi connectivity index (χ0n) is 20.1. The molecule has 1 aliphatic heterocycles. The first-order chi connectivity index (χ1) is 13.5. The number of hydrogen-bond donors (Lipinski definition) is 0. The molecule has 0 radical (unpaired) electrons. The topological polar surface area (TPSA) is 86.7 Å². The Morgan fingerprint density at radius 3 is 2.07 bits per heavy atom. The van der Waals surface area contributed by atoms with Crippen molar-refractivity contribution >= 4 is 21.8 Å². The van der Waals surface area contributed by atoms with Gasteiger partial charge in [0, 0.05) is 5.92 Å². The largest absolute Gasteiger partial charge is 0.469 e. The zero-order valence-corrected chi connectivity index (χ0v) is 20.9. The molecule has 174 valence electrons. The van der Waals surface area contributed by atoms with Crippen LogP contribution in [-0.4, -0.2) is 44.6 Å². The van der Waals surface area contributed by atoms with Gasteiger partial charge in [-0.3, -0.25) is 9.59 Å². The molecular formula is C23H40O6S.